The van der Waals surface area contributed by atoms with Crippen molar-refractivity contribution in [1.29, 1.82) is 0 Å². The molecule has 2 heterocycles. The molecule has 1 atom stereocenters. The Bertz CT molecular complexity index is 709. The van der Waals surface area contributed by atoms with E-state index in [0.29, 0.717) is 12.5 Å². The molecule has 1 aliphatic heterocycles. The lowest BCUT2D eigenvalue weighted by atomic mass is 10.0. The van der Waals surface area contributed by atoms with Gasteiger partial charge < -0.3 is 9.64 Å². The Balaban J connectivity index is 1.66. The minimum Gasteiger partial charge on any atom is -0.486 e. The molecule has 0 radical (unpaired) electrons. The number of aryl methyl sites for hydroxylation is 2. The number of rotatable bonds is 4. The smallest absolute Gasteiger partial charge is 0.265 e. The molecule has 0 unspecified atom stereocenters. The minimum absolute atomic E-state index is 0.123. The number of carbonyl (C=O) groups is 1. The van der Waals surface area contributed by atoms with E-state index in [0.717, 1.165) is 40.8 Å². The summed E-state index contributed by atoms with van der Waals surface area (Å²) in [6.07, 6.45) is 2.30. The van der Waals surface area contributed by atoms with E-state index >= 15 is 0 Å². The van der Waals surface area contributed by atoms with Crippen LogP contribution in [0.2, 0.25) is 0 Å². The predicted molar refractivity (Wildman–Crippen MR) is 96.7 cm³/mol. The van der Waals surface area contributed by atoms with Crippen molar-refractivity contribution >= 4 is 17.2 Å². The number of aromatic nitrogens is 1. The maximum atomic E-state index is 12.7. The average molecular weight is 344 g/mol. The Labute approximate surface area is 147 Å². The molecule has 0 saturated carbocycles. The molecule has 0 bridgehead atoms. The van der Waals surface area contributed by atoms with Crippen LogP contribution in [0.4, 0.5) is 0 Å². The van der Waals surface area contributed by atoms with Crippen LogP contribution in [0.1, 0.15) is 45.7 Å². The summed E-state index contributed by atoms with van der Waals surface area (Å²) < 4.78 is 5.78. The maximum Gasteiger partial charge on any atom is 0.265 e. The first kappa shape index (κ1) is 17.0. The molecule has 2 aromatic rings. The summed E-state index contributed by atoms with van der Waals surface area (Å²) in [6.45, 7) is 8.28. The van der Waals surface area contributed by atoms with Gasteiger partial charge in [0.1, 0.15) is 22.2 Å². The van der Waals surface area contributed by atoms with E-state index in [-0.39, 0.29) is 5.91 Å². The SMILES string of the molecule is Cc1ccc(OCc2nc(C)c(C(=O)N3CCC[C@@H](C)C3)s2)cc1. The summed E-state index contributed by atoms with van der Waals surface area (Å²) in [5.41, 5.74) is 2.02. The van der Waals surface area contributed by atoms with Crippen molar-refractivity contribution in [2.75, 3.05) is 13.1 Å². The third-order valence-electron chi connectivity index (χ3n) is 4.36. The van der Waals surface area contributed by atoms with Crippen molar-refractivity contribution < 1.29 is 9.53 Å². The largest absolute Gasteiger partial charge is 0.486 e. The lowest BCUT2D eigenvalue weighted by Crippen LogP contribution is -2.39. The van der Waals surface area contributed by atoms with Crippen LogP contribution in [0.25, 0.3) is 0 Å². The van der Waals surface area contributed by atoms with Gasteiger partial charge in [-0.2, -0.15) is 0 Å². The van der Waals surface area contributed by atoms with Crippen LogP contribution in [-0.4, -0.2) is 28.9 Å². The van der Waals surface area contributed by atoms with Crippen LogP contribution in [0.3, 0.4) is 0 Å². The molecule has 3 rings (SSSR count). The van der Waals surface area contributed by atoms with Crippen molar-refractivity contribution in [3.8, 4) is 5.75 Å². The molecule has 24 heavy (non-hydrogen) atoms. The van der Waals surface area contributed by atoms with E-state index in [1.165, 1.54) is 23.3 Å². The van der Waals surface area contributed by atoms with Gasteiger partial charge in [-0.3, -0.25) is 4.79 Å². The van der Waals surface area contributed by atoms with Gasteiger partial charge in [-0.15, -0.1) is 11.3 Å². The van der Waals surface area contributed by atoms with Gasteiger partial charge in [-0.1, -0.05) is 24.6 Å². The topological polar surface area (TPSA) is 42.4 Å². The Morgan fingerprint density at radius 3 is 2.79 bits per heavy atom. The zero-order chi connectivity index (χ0) is 17.1. The van der Waals surface area contributed by atoms with E-state index in [4.69, 9.17) is 4.74 Å². The number of likely N-dealkylation sites (tertiary alicyclic amines) is 1. The third kappa shape index (κ3) is 3.96. The second kappa shape index (κ2) is 7.34. The van der Waals surface area contributed by atoms with Gasteiger partial charge in [-0.25, -0.2) is 4.98 Å². The number of hydrogen-bond donors (Lipinski definition) is 0. The number of benzene rings is 1. The third-order valence-corrected chi connectivity index (χ3v) is 5.48. The summed E-state index contributed by atoms with van der Waals surface area (Å²) in [7, 11) is 0. The molecule has 1 aromatic heterocycles. The fourth-order valence-corrected chi connectivity index (χ4v) is 3.96. The fraction of sp³-hybridized carbons (Fsp3) is 0.474. The van der Waals surface area contributed by atoms with Crippen LogP contribution < -0.4 is 4.74 Å². The molecule has 4 nitrogen and oxygen atoms in total. The van der Waals surface area contributed by atoms with Crippen LogP contribution >= 0.6 is 11.3 Å². The minimum atomic E-state index is 0.123. The van der Waals surface area contributed by atoms with Crippen molar-refractivity contribution in [1.82, 2.24) is 9.88 Å². The normalized spacial score (nSPS) is 17.8. The standard InChI is InChI=1S/C19H24N2O2S/c1-13-6-8-16(9-7-13)23-12-17-20-15(3)18(24-17)19(22)21-10-4-5-14(2)11-21/h6-9,14H,4-5,10-12H2,1-3H3/t14-/m1/s1. The molecular weight excluding hydrogens is 320 g/mol. The van der Waals surface area contributed by atoms with Crippen LogP contribution in [0.5, 0.6) is 5.75 Å². The number of amides is 1. The molecule has 1 aromatic carbocycles. The van der Waals surface area contributed by atoms with E-state index in [1.54, 1.807) is 0 Å². The Morgan fingerprint density at radius 1 is 1.33 bits per heavy atom. The highest BCUT2D eigenvalue weighted by atomic mass is 32.1. The monoisotopic (exact) mass is 344 g/mol. The van der Waals surface area contributed by atoms with Crippen molar-refractivity contribution in [2.45, 2.75) is 40.2 Å². The van der Waals surface area contributed by atoms with Crippen molar-refractivity contribution in [3.63, 3.8) is 0 Å². The van der Waals surface area contributed by atoms with Crippen LogP contribution in [0, 0.1) is 19.8 Å². The molecule has 1 amide bonds. The number of nitrogens with zero attached hydrogens (tertiary/aromatic N) is 2. The number of piperidine rings is 1. The van der Waals surface area contributed by atoms with Gasteiger partial charge in [0, 0.05) is 13.1 Å². The summed E-state index contributed by atoms with van der Waals surface area (Å²) in [6, 6.07) is 7.96. The molecule has 1 aliphatic rings. The number of carbonyl (C=O) groups excluding carboxylic acids is 1. The number of thiazole rings is 1. The quantitative estimate of drug-likeness (QED) is 0.834. The lowest BCUT2D eigenvalue weighted by molar-refractivity contribution is 0.0687. The van der Waals surface area contributed by atoms with Crippen LogP contribution in [0.15, 0.2) is 24.3 Å². The van der Waals surface area contributed by atoms with E-state index in [2.05, 4.69) is 11.9 Å². The first-order valence-corrected chi connectivity index (χ1v) is 9.29. The molecule has 0 N–H and O–H groups in total. The van der Waals surface area contributed by atoms with Crippen molar-refractivity contribution in [3.05, 3.63) is 45.4 Å². The lowest BCUT2D eigenvalue weighted by Gasteiger charge is -2.30. The Kier molecular flexibility index (Phi) is 5.19. The Hall–Kier alpha value is -1.88. The van der Waals surface area contributed by atoms with Crippen LogP contribution in [-0.2, 0) is 6.61 Å². The van der Waals surface area contributed by atoms with E-state index in [1.807, 2.05) is 43.0 Å². The molecule has 1 saturated heterocycles. The molecule has 0 spiro atoms. The Morgan fingerprint density at radius 2 is 2.08 bits per heavy atom. The summed E-state index contributed by atoms with van der Waals surface area (Å²) in [5.74, 6) is 1.53. The maximum absolute atomic E-state index is 12.7. The second-order valence-corrected chi connectivity index (χ2v) is 7.71. The van der Waals surface area contributed by atoms with Crippen molar-refractivity contribution in [2.24, 2.45) is 5.92 Å². The van der Waals surface area contributed by atoms with Gasteiger partial charge in [0.15, 0.2) is 0 Å². The molecular formula is C19H24N2O2S. The van der Waals surface area contributed by atoms with Gasteiger partial charge in [0.25, 0.3) is 5.91 Å². The summed E-state index contributed by atoms with van der Waals surface area (Å²) >= 11 is 1.46. The first-order valence-electron chi connectivity index (χ1n) is 8.48. The second-order valence-electron chi connectivity index (χ2n) is 6.62. The van der Waals surface area contributed by atoms with E-state index < -0.39 is 0 Å². The molecule has 5 heteroatoms. The summed E-state index contributed by atoms with van der Waals surface area (Å²) in [5, 5.41) is 0.849. The highest BCUT2D eigenvalue weighted by Crippen LogP contribution is 2.24. The first-order chi connectivity index (χ1) is 11.5. The fourth-order valence-electron chi connectivity index (χ4n) is 3.01. The number of hydrogen-bond acceptors (Lipinski definition) is 4. The molecule has 0 aliphatic carbocycles. The van der Waals surface area contributed by atoms with Gasteiger partial charge in [-0.05, 0) is 44.7 Å². The van der Waals surface area contributed by atoms with E-state index in [9.17, 15) is 4.79 Å². The zero-order valence-electron chi connectivity index (χ0n) is 14.5. The van der Waals surface area contributed by atoms with Gasteiger partial charge in [0.2, 0.25) is 0 Å². The number of ether oxygens (including phenoxy) is 1. The molecule has 1 fully saturated rings. The van der Waals surface area contributed by atoms with Gasteiger partial charge in [0.05, 0.1) is 5.69 Å². The average Bonchev–Trinajstić information content (AvgIpc) is 2.94. The summed E-state index contributed by atoms with van der Waals surface area (Å²) in [4.78, 5) is 20.0. The zero-order valence-corrected chi connectivity index (χ0v) is 15.4. The highest BCUT2D eigenvalue weighted by molar-refractivity contribution is 7.13. The molecule has 128 valence electrons. The van der Waals surface area contributed by atoms with Gasteiger partial charge >= 0.3 is 0 Å². The predicted octanol–water partition coefficient (Wildman–Crippen LogP) is 4.21. The highest BCUT2D eigenvalue weighted by Gasteiger charge is 2.25.